The summed E-state index contributed by atoms with van der Waals surface area (Å²) in [6.07, 6.45) is 1.87. The molecule has 3 rings (SSSR count). The number of aromatic nitrogens is 1. The molecule has 1 aliphatic rings. The van der Waals surface area contributed by atoms with Crippen LogP contribution in [0.3, 0.4) is 0 Å². The second-order valence-electron chi connectivity index (χ2n) is 7.53. The summed E-state index contributed by atoms with van der Waals surface area (Å²) in [4.78, 5) is 16.4. The molecule has 0 amide bonds. The number of likely N-dealkylation sites (N-methyl/N-ethyl adjacent to an activating group) is 2. The van der Waals surface area contributed by atoms with Crippen molar-refractivity contribution in [3.05, 3.63) is 54.2 Å². The van der Waals surface area contributed by atoms with Gasteiger partial charge in [0.2, 0.25) is 0 Å². The van der Waals surface area contributed by atoms with Crippen molar-refractivity contribution in [1.29, 1.82) is 0 Å². The van der Waals surface area contributed by atoms with Crippen LogP contribution in [0.25, 0.3) is 0 Å². The molecule has 162 valence electrons. The molecule has 1 aromatic heterocycles. The number of ether oxygens (including phenoxy) is 1. The minimum atomic E-state index is 0.599. The number of nitrogens with one attached hydrogen (secondary N) is 1. The Morgan fingerprint density at radius 3 is 2.63 bits per heavy atom. The van der Waals surface area contributed by atoms with E-state index in [1.165, 1.54) is 0 Å². The predicted molar refractivity (Wildman–Crippen MR) is 123 cm³/mol. The number of pyridine rings is 1. The van der Waals surface area contributed by atoms with Gasteiger partial charge in [0.25, 0.3) is 0 Å². The molecule has 1 aromatic carbocycles. The smallest absolute Gasteiger partial charge is 0.194 e. The molecule has 7 nitrogen and oxygen atoms in total. The highest BCUT2D eigenvalue weighted by Gasteiger charge is 2.18. The largest absolute Gasteiger partial charge is 0.492 e. The second kappa shape index (κ2) is 11.4. The third kappa shape index (κ3) is 6.35. The first kappa shape index (κ1) is 21.9. The van der Waals surface area contributed by atoms with Crippen molar-refractivity contribution in [2.24, 2.45) is 4.99 Å². The highest BCUT2D eigenvalue weighted by atomic mass is 16.5. The lowest BCUT2D eigenvalue weighted by atomic mass is 10.2. The van der Waals surface area contributed by atoms with Crippen molar-refractivity contribution in [3.63, 3.8) is 0 Å². The van der Waals surface area contributed by atoms with Crippen molar-refractivity contribution in [1.82, 2.24) is 20.1 Å². The van der Waals surface area contributed by atoms with Crippen LogP contribution in [0, 0.1) is 0 Å². The van der Waals surface area contributed by atoms with Crippen LogP contribution in [0.15, 0.2) is 53.7 Å². The number of hydrogen-bond donors (Lipinski definition) is 1. The van der Waals surface area contributed by atoms with Gasteiger partial charge in [-0.25, -0.2) is 9.98 Å². The van der Waals surface area contributed by atoms with Gasteiger partial charge in [-0.3, -0.25) is 0 Å². The average Bonchev–Trinajstić information content (AvgIpc) is 2.78. The molecule has 1 fully saturated rings. The maximum atomic E-state index is 5.83. The van der Waals surface area contributed by atoms with Crippen LogP contribution < -0.4 is 15.0 Å². The lowest BCUT2D eigenvalue weighted by Gasteiger charge is -2.34. The highest BCUT2D eigenvalue weighted by molar-refractivity contribution is 5.79. The van der Waals surface area contributed by atoms with Crippen molar-refractivity contribution < 1.29 is 4.74 Å². The SMILES string of the molecule is CCNC(=NCc1cccnc1N1CCN(C)CC1)N(C)CCOc1ccccc1. The maximum absolute atomic E-state index is 5.83. The quantitative estimate of drug-likeness (QED) is 0.532. The summed E-state index contributed by atoms with van der Waals surface area (Å²) in [6, 6.07) is 14.0. The molecule has 0 aliphatic carbocycles. The zero-order chi connectivity index (χ0) is 21.2. The molecular weight excluding hydrogens is 376 g/mol. The fourth-order valence-corrected chi connectivity index (χ4v) is 3.41. The van der Waals surface area contributed by atoms with Crippen LogP contribution in [0.2, 0.25) is 0 Å². The average molecular weight is 411 g/mol. The van der Waals surface area contributed by atoms with Crippen LogP contribution in [-0.4, -0.2) is 80.7 Å². The Morgan fingerprint density at radius 2 is 1.90 bits per heavy atom. The van der Waals surface area contributed by atoms with E-state index in [1.54, 1.807) is 0 Å². The number of para-hydroxylation sites is 1. The molecule has 30 heavy (non-hydrogen) atoms. The van der Waals surface area contributed by atoms with E-state index in [0.717, 1.165) is 62.4 Å². The number of piperazine rings is 1. The van der Waals surface area contributed by atoms with Crippen LogP contribution >= 0.6 is 0 Å². The number of guanidine groups is 1. The van der Waals surface area contributed by atoms with Gasteiger partial charge in [0.05, 0.1) is 13.1 Å². The van der Waals surface area contributed by atoms with Gasteiger partial charge in [-0.1, -0.05) is 24.3 Å². The summed E-state index contributed by atoms with van der Waals surface area (Å²) in [6.45, 7) is 8.98. The summed E-state index contributed by atoms with van der Waals surface area (Å²) in [5.41, 5.74) is 1.16. The fourth-order valence-electron chi connectivity index (χ4n) is 3.41. The Hall–Kier alpha value is -2.80. The third-order valence-corrected chi connectivity index (χ3v) is 5.20. The monoisotopic (exact) mass is 410 g/mol. The standard InChI is InChI=1S/C23H34N6O/c1-4-24-23(28(3)17-18-30-21-10-6-5-7-11-21)26-19-20-9-8-12-25-22(20)29-15-13-27(2)14-16-29/h5-12H,4,13-19H2,1-3H3,(H,24,26). The topological polar surface area (TPSA) is 56.2 Å². The van der Waals surface area contributed by atoms with Gasteiger partial charge in [-0.2, -0.15) is 0 Å². The van der Waals surface area contributed by atoms with E-state index in [1.807, 2.05) is 49.6 Å². The molecular formula is C23H34N6O. The number of anilines is 1. The van der Waals surface area contributed by atoms with Gasteiger partial charge < -0.3 is 24.8 Å². The van der Waals surface area contributed by atoms with E-state index < -0.39 is 0 Å². The van der Waals surface area contributed by atoms with Crippen molar-refractivity contribution in [3.8, 4) is 5.75 Å². The molecule has 2 aromatic rings. The molecule has 1 N–H and O–H groups in total. The number of aliphatic imine (C=N–C) groups is 1. The van der Waals surface area contributed by atoms with E-state index in [0.29, 0.717) is 13.2 Å². The molecule has 1 saturated heterocycles. The zero-order valence-corrected chi connectivity index (χ0v) is 18.4. The maximum Gasteiger partial charge on any atom is 0.194 e. The Morgan fingerprint density at radius 1 is 1.13 bits per heavy atom. The molecule has 0 spiro atoms. The summed E-state index contributed by atoms with van der Waals surface area (Å²) >= 11 is 0. The first-order valence-electron chi connectivity index (χ1n) is 10.7. The van der Waals surface area contributed by atoms with Crippen LogP contribution in [0.1, 0.15) is 12.5 Å². The van der Waals surface area contributed by atoms with E-state index in [-0.39, 0.29) is 0 Å². The summed E-state index contributed by atoms with van der Waals surface area (Å²) in [7, 11) is 4.21. The second-order valence-corrected chi connectivity index (χ2v) is 7.53. The molecule has 0 radical (unpaired) electrons. The Labute approximate surface area is 180 Å². The molecule has 0 unspecified atom stereocenters. The van der Waals surface area contributed by atoms with Gasteiger partial charge >= 0.3 is 0 Å². The third-order valence-electron chi connectivity index (χ3n) is 5.20. The Kier molecular flexibility index (Phi) is 8.32. The van der Waals surface area contributed by atoms with Crippen molar-refractivity contribution >= 4 is 11.8 Å². The zero-order valence-electron chi connectivity index (χ0n) is 18.4. The van der Waals surface area contributed by atoms with Crippen molar-refractivity contribution in [2.75, 3.05) is 64.9 Å². The van der Waals surface area contributed by atoms with Gasteiger partial charge in [0.15, 0.2) is 5.96 Å². The molecule has 2 heterocycles. The molecule has 1 aliphatic heterocycles. The van der Waals surface area contributed by atoms with Gasteiger partial charge in [0.1, 0.15) is 18.2 Å². The number of benzene rings is 1. The lowest BCUT2D eigenvalue weighted by molar-refractivity contribution is 0.281. The first-order chi connectivity index (χ1) is 14.7. The number of rotatable bonds is 8. The van der Waals surface area contributed by atoms with E-state index >= 15 is 0 Å². The highest BCUT2D eigenvalue weighted by Crippen LogP contribution is 2.19. The molecule has 0 atom stereocenters. The van der Waals surface area contributed by atoms with E-state index in [2.05, 4.69) is 45.0 Å². The lowest BCUT2D eigenvalue weighted by Crippen LogP contribution is -2.45. The van der Waals surface area contributed by atoms with E-state index in [4.69, 9.17) is 9.73 Å². The van der Waals surface area contributed by atoms with E-state index in [9.17, 15) is 0 Å². The van der Waals surface area contributed by atoms with Crippen LogP contribution in [0.5, 0.6) is 5.75 Å². The summed E-state index contributed by atoms with van der Waals surface area (Å²) in [5.74, 6) is 2.82. The normalized spacial score (nSPS) is 15.2. The molecule has 0 saturated carbocycles. The van der Waals surface area contributed by atoms with Crippen LogP contribution in [-0.2, 0) is 6.54 Å². The minimum Gasteiger partial charge on any atom is -0.492 e. The number of hydrogen-bond acceptors (Lipinski definition) is 5. The van der Waals surface area contributed by atoms with Gasteiger partial charge in [0, 0.05) is 51.5 Å². The van der Waals surface area contributed by atoms with Gasteiger partial charge in [-0.05, 0) is 32.2 Å². The van der Waals surface area contributed by atoms with Crippen LogP contribution in [0.4, 0.5) is 5.82 Å². The fraction of sp³-hybridized carbons (Fsp3) is 0.478. The predicted octanol–water partition coefficient (Wildman–Crippen LogP) is 2.31. The Balaban J connectivity index is 1.61. The van der Waals surface area contributed by atoms with Crippen molar-refractivity contribution in [2.45, 2.75) is 13.5 Å². The summed E-state index contributed by atoms with van der Waals surface area (Å²) in [5, 5.41) is 3.39. The molecule has 7 heteroatoms. The first-order valence-corrected chi connectivity index (χ1v) is 10.7. The van der Waals surface area contributed by atoms with Gasteiger partial charge in [-0.15, -0.1) is 0 Å². The number of nitrogens with zero attached hydrogens (tertiary/aromatic N) is 5. The molecule has 0 bridgehead atoms. The minimum absolute atomic E-state index is 0.599. The summed E-state index contributed by atoms with van der Waals surface area (Å²) < 4.78 is 5.83. The Bertz CT molecular complexity index is 789.